The van der Waals surface area contributed by atoms with Crippen LogP contribution in [0.2, 0.25) is 0 Å². The Balaban J connectivity index is 1.69. The van der Waals surface area contributed by atoms with E-state index in [1.54, 1.807) is 27.8 Å². The van der Waals surface area contributed by atoms with Crippen molar-refractivity contribution >= 4 is 0 Å². The van der Waals surface area contributed by atoms with Gasteiger partial charge in [0.2, 0.25) is 0 Å². The van der Waals surface area contributed by atoms with Crippen LogP contribution < -0.4 is 0 Å². The molecule has 0 aliphatic heterocycles. The minimum absolute atomic E-state index is 0.307. The van der Waals surface area contributed by atoms with E-state index in [0.29, 0.717) is 16.2 Å². The Bertz CT molecular complexity index is 760. The molecule has 0 saturated heterocycles. The molecular formula is C27H40. The van der Waals surface area contributed by atoms with Gasteiger partial charge in [-0.3, -0.25) is 0 Å². The van der Waals surface area contributed by atoms with Crippen LogP contribution in [0, 0.1) is 11.3 Å². The monoisotopic (exact) mass is 364 g/mol. The molecule has 0 saturated carbocycles. The van der Waals surface area contributed by atoms with Crippen LogP contribution in [0.1, 0.15) is 109 Å². The Kier molecular flexibility index (Phi) is 4.64. The fraction of sp³-hybridized carbons (Fsp3) is 0.704. The van der Waals surface area contributed by atoms with Crippen molar-refractivity contribution in [2.75, 3.05) is 0 Å². The van der Waals surface area contributed by atoms with Crippen LogP contribution >= 0.6 is 0 Å². The van der Waals surface area contributed by atoms with Gasteiger partial charge in [-0.1, -0.05) is 84.1 Å². The average Bonchev–Trinajstić information content (AvgIpc) is 2.56. The molecule has 148 valence electrons. The Labute approximate surface area is 167 Å². The molecule has 0 heterocycles. The summed E-state index contributed by atoms with van der Waals surface area (Å²) < 4.78 is 0. The third-order valence-corrected chi connectivity index (χ3v) is 8.23. The quantitative estimate of drug-likeness (QED) is 0.359. The second kappa shape index (κ2) is 6.50. The number of allylic oxidation sites excluding steroid dienone is 2. The second-order valence-corrected chi connectivity index (χ2v) is 11.3. The fourth-order valence-electron chi connectivity index (χ4n) is 6.83. The van der Waals surface area contributed by atoms with E-state index in [1.165, 1.54) is 57.8 Å². The summed E-state index contributed by atoms with van der Waals surface area (Å²) in [5.41, 5.74) is 9.44. The van der Waals surface area contributed by atoms with Gasteiger partial charge in [-0.05, 0) is 78.0 Å². The van der Waals surface area contributed by atoms with Gasteiger partial charge < -0.3 is 0 Å². The first-order chi connectivity index (χ1) is 12.7. The van der Waals surface area contributed by atoms with E-state index in [0.717, 1.165) is 5.92 Å². The van der Waals surface area contributed by atoms with Crippen LogP contribution in [0.3, 0.4) is 0 Å². The maximum absolute atomic E-state index is 2.68. The fourth-order valence-corrected chi connectivity index (χ4v) is 6.83. The minimum atomic E-state index is 0.307. The number of benzene rings is 1. The van der Waals surface area contributed by atoms with Gasteiger partial charge in [-0.2, -0.15) is 0 Å². The van der Waals surface area contributed by atoms with E-state index in [1.807, 2.05) is 0 Å². The van der Waals surface area contributed by atoms with Crippen molar-refractivity contribution in [3.05, 3.63) is 46.0 Å². The zero-order valence-electron chi connectivity index (χ0n) is 18.7. The van der Waals surface area contributed by atoms with Crippen molar-refractivity contribution in [2.24, 2.45) is 11.3 Å². The Morgan fingerprint density at radius 2 is 1.74 bits per heavy atom. The molecule has 1 aromatic carbocycles. The highest BCUT2D eigenvalue weighted by Gasteiger charge is 2.57. The summed E-state index contributed by atoms with van der Waals surface area (Å²) in [6.07, 6.45) is 14.7. The number of unbranched alkanes of at least 4 members (excludes halogenated alkanes) is 3. The first-order valence-corrected chi connectivity index (χ1v) is 11.5. The molecule has 0 radical (unpaired) electrons. The van der Waals surface area contributed by atoms with Crippen molar-refractivity contribution in [1.82, 2.24) is 0 Å². The Morgan fingerprint density at radius 3 is 2.44 bits per heavy atom. The molecule has 4 rings (SSSR count). The Hall–Kier alpha value is -1.04. The van der Waals surface area contributed by atoms with Gasteiger partial charge in [-0.15, -0.1) is 0 Å². The largest absolute Gasteiger partial charge is 0.0764 e. The highest BCUT2D eigenvalue weighted by molar-refractivity contribution is 5.60. The van der Waals surface area contributed by atoms with Crippen LogP contribution in [-0.2, 0) is 23.7 Å². The molecule has 3 aliphatic rings. The lowest BCUT2D eigenvalue weighted by Gasteiger charge is -2.60. The smallest absolute Gasteiger partial charge is 0.0214 e. The van der Waals surface area contributed by atoms with Gasteiger partial charge in [0.15, 0.2) is 0 Å². The van der Waals surface area contributed by atoms with Crippen LogP contribution in [-0.4, -0.2) is 0 Å². The van der Waals surface area contributed by atoms with Gasteiger partial charge >= 0.3 is 0 Å². The number of rotatable bonds is 6. The zero-order valence-corrected chi connectivity index (χ0v) is 18.7. The molecule has 3 aliphatic carbocycles. The minimum Gasteiger partial charge on any atom is -0.0764 e. The molecule has 0 aromatic heterocycles. The topological polar surface area (TPSA) is 0 Å². The lowest BCUT2D eigenvalue weighted by Crippen LogP contribution is -2.55. The van der Waals surface area contributed by atoms with Gasteiger partial charge in [0.25, 0.3) is 0 Å². The predicted molar refractivity (Wildman–Crippen MR) is 118 cm³/mol. The van der Waals surface area contributed by atoms with Gasteiger partial charge in [-0.25, -0.2) is 0 Å². The van der Waals surface area contributed by atoms with Crippen LogP contribution in [0.5, 0.6) is 0 Å². The summed E-state index contributed by atoms with van der Waals surface area (Å²) in [6, 6.07) is 5.21. The number of hydrogen-bond acceptors (Lipinski definition) is 0. The van der Waals surface area contributed by atoms with Gasteiger partial charge in [0.1, 0.15) is 0 Å². The zero-order chi connectivity index (χ0) is 19.4. The molecule has 0 heteroatoms. The lowest BCUT2D eigenvalue weighted by atomic mass is 9.43. The highest BCUT2D eigenvalue weighted by atomic mass is 14.6. The molecule has 2 atom stereocenters. The van der Waals surface area contributed by atoms with Crippen LogP contribution in [0.25, 0.3) is 0 Å². The van der Waals surface area contributed by atoms with E-state index in [-0.39, 0.29) is 0 Å². The summed E-state index contributed by atoms with van der Waals surface area (Å²) in [4.78, 5) is 0. The summed E-state index contributed by atoms with van der Waals surface area (Å²) in [6.45, 7) is 14.7. The standard InChI is InChI=1S/C27H40/c1-7-8-9-10-13-25(3,4)22-14-20-17-26(5,6)23-12-11-19(2)16-27(23)18-21(15-22)24(20)27/h14-16,23H,7-13,17-18H2,1-6H3. The third-order valence-electron chi connectivity index (χ3n) is 8.23. The summed E-state index contributed by atoms with van der Waals surface area (Å²) in [7, 11) is 0. The van der Waals surface area contributed by atoms with Crippen molar-refractivity contribution in [1.29, 1.82) is 0 Å². The van der Waals surface area contributed by atoms with E-state index in [9.17, 15) is 0 Å². The molecule has 0 amide bonds. The van der Waals surface area contributed by atoms with Gasteiger partial charge in [0, 0.05) is 5.41 Å². The molecule has 0 fully saturated rings. The van der Waals surface area contributed by atoms with Crippen LogP contribution in [0.15, 0.2) is 23.8 Å². The van der Waals surface area contributed by atoms with E-state index < -0.39 is 0 Å². The normalized spacial score (nSPS) is 28.1. The maximum Gasteiger partial charge on any atom is 0.0214 e. The first kappa shape index (κ1) is 19.3. The predicted octanol–water partition coefficient (Wildman–Crippen LogP) is 7.67. The Morgan fingerprint density at radius 1 is 1.04 bits per heavy atom. The van der Waals surface area contributed by atoms with Crippen molar-refractivity contribution < 1.29 is 0 Å². The molecule has 27 heavy (non-hydrogen) atoms. The van der Waals surface area contributed by atoms with Crippen molar-refractivity contribution in [3.63, 3.8) is 0 Å². The molecule has 1 spiro atoms. The number of hydrogen-bond donors (Lipinski definition) is 0. The van der Waals surface area contributed by atoms with Crippen molar-refractivity contribution in [3.8, 4) is 0 Å². The van der Waals surface area contributed by atoms with Gasteiger partial charge in [0.05, 0.1) is 0 Å². The lowest BCUT2D eigenvalue weighted by molar-refractivity contribution is 0.0815. The van der Waals surface area contributed by atoms with E-state index in [2.05, 4.69) is 59.8 Å². The molecule has 0 N–H and O–H groups in total. The molecular weight excluding hydrogens is 324 g/mol. The average molecular weight is 365 g/mol. The second-order valence-electron chi connectivity index (χ2n) is 11.3. The summed E-state index contributed by atoms with van der Waals surface area (Å²) in [5.74, 6) is 0.835. The third kappa shape index (κ3) is 3.02. The van der Waals surface area contributed by atoms with Crippen LogP contribution in [0.4, 0.5) is 0 Å². The molecule has 0 bridgehead atoms. The molecule has 0 nitrogen and oxygen atoms in total. The van der Waals surface area contributed by atoms with Crippen molar-refractivity contribution in [2.45, 2.75) is 110 Å². The maximum atomic E-state index is 2.68. The molecule has 1 aromatic rings. The molecule has 2 unspecified atom stereocenters. The SMILES string of the molecule is CCCCCCC(C)(C)c1cc2c3c(c1)CC31C=C(C)CCC1C(C)(C)C2. The summed E-state index contributed by atoms with van der Waals surface area (Å²) >= 11 is 0. The van der Waals surface area contributed by atoms with E-state index in [4.69, 9.17) is 0 Å². The highest BCUT2D eigenvalue weighted by Crippen LogP contribution is 2.63. The van der Waals surface area contributed by atoms with E-state index >= 15 is 0 Å². The first-order valence-electron chi connectivity index (χ1n) is 11.5. The summed E-state index contributed by atoms with van der Waals surface area (Å²) in [5, 5.41) is 0.